The van der Waals surface area contributed by atoms with Crippen LogP contribution in [0.4, 0.5) is 0 Å². The van der Waals surface area contributed by atoms with E-state index in [9.17, 15) is 0 Å². The van der Waals surface area contributed by atoms with Crippen molar-refractivity contribution < 1.29 is 0 Å². The fraction of sp³-hybridized carbons (Fsp3) is 0.400. The van der Waals surface area contributed by atoms with Crippen LogP contribution < -0.4 is 5.32 Å². The van der Waals surface area contributed by atoms with Crippen molar-refractivity contribution in [2.45, 2.75) is 12.3 Å². The average molecular weight is 128 g/mol. The van der Waals surface area contributed by atoms with Crippen LogP contribution in [-0.2, 0) is 0 Å². The Kier molecular flexibility index (Phi) is 1.58. The molecule has 0 fully saturated rings. The van der Waals surface area contributed by atoms with Gasteiger partial charge in [0.2, 0.25) is 0 Å². The fourth-order valence-corrected chi connectivity index (χ4v) is 1.30. The maximum absolute atomic E-state index is 6.84. The van der Waals surface area contributed by atoms with Crippen molar-refractivity contribution in [3.63, 3.8) is 0 Å². The van der Waals surface area contributed by atoms with Gasteiger partial charge in [0.25, 0.3) is 0 Å². The van der Waals surface area contributed by atoms with Crippen LogP contribution >= 0.6 is 11.8 Å². The molecule has 0 aromatic carbocycles. The maximum atomic E-state index is 6.84. The minimum atomic E-state index is 0.451. The zero-order valence-electron chi connectivity index (χ0n) is 4.64. The Morgan fingerprint density at radius 1 is 2.00 bits per heavy atom. The van der Waals surface area contributed by atoms with E-state index in [1.54, 1.807) is 11.8 Å². The van der Waals surface area contributed by atoms with Gasteiger partial charge in [-0.25, -0.2) is 0 Å². The van der Waals surface area contributed by atoms with Crippen molar-refractivity contribution in [2.75, 3.05) is 0 Å². The molecular formula is C5H8N2S. The van der Waals surface area contributed by atoms with Crippen LogP contribution in [0.25, 0.3) is 0 Å². The fourth-order valence-electron chi connectivity index (χ4n) is 0.547. The summed E-state index contributed by atoms with van der Waals surface area (Å²) in [4.78, 5) is 1.01. The van der Waals surface area contributed by atoms with Crippen LogP contribution in [0, 0.1) is 5.41 Å². The van der Waals surface area contributed by atoms with Crippen LogP contribution in [0.15, 0.2) is 11.1 Å². The summed E-state index contributed by atoms with van der Waals surface area (Å²) >= 11 is 1.67. The molecule has 1 unspecified atom stereocenters. The molecule has 1 aliphatic rings. The summed E-state index contributed by atoms with van der Waals surface area (Å²) in [6, 6.07) is 0. The molecular weight excluding hydrogens is 120 g/mol. The van der Waals surface area contributed by atoms with E-state index < -0.39 is 0 Å². The van der Waals surface area contributed by atoms with Crippen LogP contribution in [-0.4, -0.2) is 11.6 Å². The van der Waals surface area contributed by atoms with E-state index in [1.807, 2.05) is 6.20 Å². The first-order valence-electron chi connectivity index (χ1n) is 2.46. The van der Waals surface area contributed by atoms with E-state index in [0.29, 0.717) is 5.37 Å². The van der Waals surface area contributed by atoms with Gasteiger partial charge in [0.1, 0.15) is 0 Å². The van der Waals surface area contributed by atoms with Crippen molar-refractivity contribution in [1.82, 2.24) is 5.32 Å². The van der Waals surface area contributed by atoms with E-state index in [4.69, 9.17) is 5.41 Å². The summed E-state index contributed by atoms with van der Waals surface area (Å²) in [5.74, 6) is 0. The smallest absolute Gasteiger partial charge is 0.0737 e. The zero-order valence-corrected chi connectivity index (χ0v) is 5.46. The van der Waals surface area contributed by atoms with Crippen LogP contribution in [0.5, 0.6) is 0 Å². The lowest BCUT2D eigenvalue weighted by Gasteiger charge is -1.97. The molecule has 0 aromatic rings. The second-order valence-electron chi connectivity index (χ2n) is 1.62. The number of hydrogen-bond acceptors (Lipinski definition) is 3. The molecule has 1 heterocycles. The van der Waals surface area contributed by atoms with Crippen molar-refractivity contribution >= 4 is 18.0 Å². The third-order valence-electron chi connectivity index (χ3n) is 0.915. The molecule has 0 saturated carbocycles. The Bertz CT molecular complexity index is 130. The molecule has 1 aliphatic heterocycles. The van der Waals surface area contributed by atoms with Gasteiger partial charge >= 0.3 is 0 Å². The van der Waals surface area contributed by atoms with Gasteiger partial charge in [0.15, 0.2) is 0 Å². The average Bonchev–Trinajstić information content (AvgIpc) is 2.14. The lowest BCUT2D eigenvalue weighted by Crippen LogP contribution is -2.09. The summed E-state index contributed by atoms with van der Waals surface area (Å²) < 4.78 is 0. The molecule has 8 heavy (non-hydrogen) atoms. The van der Waals surface area contributed by atoms with Gasteiger partial charge in [-0.2, -0.15) is 0 Å². The standard InChI is InChI=1S/C5H8N2S/c1-4-7-3-5(2-6)8-4/h2-4,6-7H,1H3. The SMILES string of the molecule is CC1NC=C(C=N)S1. The molecule has 1 rings (SSSR count). The molecule has 1 atom stereocenters. The lowest BCUT2D eigenvalue weighted by molar-refractivity contribution is 0.874. The number of allylic oxidation sites excluding steroid dienone is 1. The number of thioether (sulfide) groups is 1. The summed E-state index contributed by atoms with van der Waals surface area (Å²) in [6.07, 6.45) is 3.23. The number of hydrogen-bond donors (Lipinski definition) is 2. The predicted octanol–water partition coefficient (Wildman–Crippen LogP) is 1.16. The van der Waals surface area contributed by atoms with Gasteiger partial charge < -0.3 is 10.7 Å². The second kappa shape index (κ2) is 2.22. The van der Waals surface area contributed by atoms with E-state index in [0.717, 1.165) is 4.91 Å². The number of nitrogens with one attached hydrogen (secondary N) is 2. The molecule has 0 bridgehead atoms. The quantitative estimate of drug-likeness (QED) is 0.520. The summed E-state index contributed by atoms with van der Waals surface area (Å²) in [5.41, 5.74) is 0. The largest absolute Gasteiger partial charge is 0.378 e. The molecule has 0 saturated heterocycles. The van der Waals surface area contributed by atoms with E-state index >= 15 is 0 Å². The van der Waals surface area contributed by atoms with E-state index in [1.165, 1.54) is 6.21 Å². The maximum Gasteiger partial charge on any atom is 0.0737 e. The highest BCUT2D eigenvalue weighted by atomic mass is 32.2. The van der Waals surface area contributed by atoms with E-state index in [2.05, 4.69) is 12.2 Å². The Morgan fingerprint density at radius 2 is 2.75 bits per heavy atom. The lowest BCUT2D eigenvalue weighted by atomic mass is 10.6. The highest BCUT2D eigenvalue weighted by Crippen LogP contribution is 2.22. The van der Waals surface area contributed by atoms with Gasteiger partial charge in [-0.05, 0) is 6.92 Å². The Balaban J connectivity index is 2.49. The molecule has 3 heteroatoms. The highest BCUT2D eigenvalue weighted by molar-refractivity contribution is 8.04. The minimum Gasteiger partial charge on any atom is -0.378 e. The molecule has 2 N–H and O–H groups in total. The first kappa shape index (κ1) is 5.69. The van der Waals surface area contributed by atoms with Gasteiger partial charge in [-0.15, -0.1) is 0 Å². The van der Waals surface area contributed by atoms with Crippen LogP contribution in [0.3, 0.4) is 0 Å². The summed E-state index contributed by atoms with van der Waals surface area (Å²) in [7, 11) is 0. The zero-order chi connectivity index (χ0) is 5.98. The molecule has 2 nitrogen and oxygen atoms in total. The normalized spacial score (nSPS) is 26.6. The molecule has 44 valence electrons. The van der Waals surface area contributed by atoms with Gasteiger partial charge in [-0.3, -0.25) is 0 Å². The topological polar surface area (TPSA) is 35.9 Å². The van der Waals surface area contributed by atoms with Crippen molar-refractivity contribution in [2.24, 2.45) is 0 Å². The van der Waals surface area contributed by atoms with Gasteiger partial charge in [0.05, 0.1) is 5.37 Å². The Morgan fingerprint density at radius 3 is 3.00 bits per heavy atom. The van der Waals surface area contributed by atoms with Gasteiger partial charge in [-0.1, -0.05) is 11.8 Å². The Hall–Kier alpha value is -0.440. The second-order valence-corrected chi connectivity index (χ2v) is 3.03. The van der Waals surface area contributed by atoms with Crippen molar-refractivity contribution in [3.05, 3.63) is 11.1 Å². The number of rotatable bonds is 1. The first-order valence-corrected chi connectivity index (χ1v) is 3.34. The molecule has 0 radical (unpaired) electrons. The molecule has 0 spiro atoms. The van der Waals surface area contributed by atoms with E-state index in [-0.39, 0.29) is 0 Å². The molecule has 0 amide bonds. The third-order valence-corrected chi connectivity index (χ3v) is 1.91. The van der Waals surface area contributed by atoms with Crippen molar-refractivity contribution in [3.8, 4) is 0 Å². The van der Waals surface area contributed by atoms with Crippen molar-refractivity contribution in [1.29, 1.82) is 5.41 Å². The molecule has 0 aromatic heterocycles. The predicted molar refractivity (Wildman–Crippen MR) is 37.1 cm³/mol. The minimum absolute atomic E-state index is 0.451. The summed E-state index contributed by atoms with van der Waals surface area (Å²) in [5, 5.41) is 10.4. The molecule has 0 aliphatic carbocycles. The third kappa shape index (κ3) is 1.04. The highest BCUT2D eigenvalue weighted by Gasteiger charge is 2.08. The summed E-state index contributed by atoms with van der Waals surface area (Å²) in [6.45, 7) is 2.07. The van der Waals surface area contributed by atoms with Crippen LogP contribution in [0.1, 0.15) is 6.92 Å². The van der Waals surface area contributed by atoms with Crippen LogP contribution in [0.2, 0.25) is 0 Å². The van der Waals surface area contributed by atoms with Gasteiger partial charge in [0, 0.05) is 17.3 Å². The Labute approximate surface area is 52.9 Å². The first-order chi connectivity index (χ1) is 3.83. The monoisotopic (exact) mass is 128 g/mol.